The van der Waals surface area contributed by atoms with Crippen LogP contribution in [0.3, 0.4) is 0 Å². The summed E-state index contributed by atoms with van der Waals surface area (Å²) in [5.74, 6) is -2.66. The van der Waals surface area contributed by atoms with Crippen molar-refractivity contribution >= 4 is 35.0 Å². The molecule has 4 amide bonds. The molecule has 0 spiro atoms. The van der Waals surface area contributed by atoms with Crippen molar-refractivity contribution in [2.45, 2.75) is 0 Å². The van der Waals surface area contributed by atoms with Crippen molar-refractivity contribution in [3.05, 3.63) is 78.9 Å². The molecule has 3 aliphatic rings. The second kappa shape index (κ2) is 8.58. The van der Waals surface area contributed by atoms with Crippen molar-refractivity contribution in [2.75, 3.05) is 39.5 Å². The van der Waals surface area contributed by atoms with Gasteiger partial charge in [-0.25, -0.2) is 0 Å². The van der Waals surface area contributed by atoms with Crippen LogP contribution in [0.25, 0.3) is 0 Å². The van der Waals surface area contributed by atoms with E-state index in [1.165, 1.54) is 36.4 Å². The van der Waals surface area contributed by atoms with E-state index in [9.17, 15) is 39.4 Å². The van der Waals surface area contributed by atoms with Crippen LogP contribution in [0, 0.1) is 20.2 Å². The second-order valence-corrected chi connectivity index (χ2v) is 8.51. The third kappa shape index (κ3) is 3.59. The van der Waals surface area contributed by atoms with Gasteiger partial charge in [-0.05, 0) is 12.1 Å². The smallest absolute Gasteiger partial charge is 0.282 e. The second-order valence-electron chi connectivity index (χ2n) is 8.51. The molecular formula is C22H18N6O8. The summed E-state index contributed by atoms with van der Waals surface area (Å²) in [6.45, 7) is 1.43. The molecule has 0 radical (unpaired) electrons. The van der Waals surface area contributed by atoms with E-state index in [2.05, 4.69) is 0 Å². The van der Waals surface area contributed by atoms with Crippen LogP contribution < -0.4 is 0 Å². The molecule has 3 heterocycles. The lowest BCUT2D eigenvalue weighted by molar-refractivity contribution is -0.385. The maximum Gasteiger partial charge on any atom is 0.282 e. The lowest BCUT2D eigenvalue weighted by Gasteiger charge is -2.37. The number of carbonyl (C=O) groups is 4. The van der Waals surface area contributed by atoms with E-state index < -0.39 is 44.9 Å². The van der Waals surface area contributed by atoms with Gasteiger partial charge >= 0.3 is 0 Å². The molecule has 1 saturated heterocycles. The molecule has 0 bridgehead atoms. The Morgan fingerprint density at radius 1 is 0.611 bits per heavy atom. The SMILES string of the molecule is O=C1c2cccc([N+](=O)[O-])c2C(=O)N1CN1CCN(CN2C(=O)c3cccc([N+](=O)[O-])c3C2=O)CC1. The lowest BCUT2D eigenvalue weighted by atomic mass is 10.1. The molecule has 0 aromatic heterocycles. The van der Waals surface area contributed by atoms with E-state index in [1.807, 2.05) is 9.80 Å². The summed E-state index contributed by atoms with van der Waals surface area (Å²) in [7, 11) is 0. The molecular weight excluding hydrogens is 476 g/mol. The van der Waals surface area contributed by atoms with Crippen LogP contribution in [0.5, 0.6) is 0 Å². The number of nitro benzene ring substituents is 2. The average molecular weight is 494 g/mol. The van der Waals surface area contributed by atoms with Crippen LogP contribution in [-0.2, 0) is 0 Å². The molecule has 0 saturated carbocycles. The predicted octanol–water partition coefficient (Wildman–Crippen LogP) is 0.928. The summed E-state index contributed by atoms with van der Waals surface area (Å²) >= 11 is 0. The number of amides is 4. The molecule has 0 aliphatic carbocycles. The van der Waals surface area contributed by atoms with E-state index in [4.69, 9.17) is 0 Å². The summed E-state index contributed by atoms with van der Waals surface area (Å²) in [4.78, 5) is 77.8. The molecule has 3 aliphatic heterocycles. The van der Waals surface area contributed by atoms with Crippen molar-refractivity contribution in [1.82, 2.24) is 19.6 Å². The zero-order valence-electron chi connectivity index (χ0n) is 18.7. The molecule has 0 N–H and O–H groups in total. The van der Waals surface area contributed by atoms with E-state index in [0.717, 1.165) is 9.80 Å². The monoisotopic (exact) mass is 494 g/mol. The van der Waals surface area contributed by atoms with Crippen molar-refractivity contribution in [3.8, 4) is 0 Å². The minimum Gasteiger partial charge on any atom is -0.283 e. The molecule has 1 fully saturated rings. The van der Waals surface area contributed by atoms with Gasteiger partial charge in [-0.15, -0.1) is 0 Å². The van der Waals surface area contributed by atoms with Crippen LogP contribution in [-0.4, -0.2) is 92.6 Å². The van der Waals surface area contributed by atoms with Gasteiger partial charge in [0, 0.05) is 38.3 Å². The minimum absolute atomic E-state index is 0.00689. The number of hydrogen-bond donors (Lipinski definition) is 0. The molecule has 184 valence electrons. The number of carbonyl (C=O) groups excluding carboxylic acids is 4. The number of hydrogen-bond acceptors (Lipinski definition) is 10. The van der Waals surface area contributed by atoms with Gasteiger partial charge in [0.15, 0.2) is 0 Å². The fourth-order valence-corrected chi connectivity index (χ4v) is 4.66. The number of nitro groups is 2. The number of benzene rings is 2. The Bertz CT molecular complexity index is 1260. The normalized spacial score (nSPS) is 18.1. The Morgan fingerprint density at radius 3 is 1.31 bits per heavy atom. The maximum absolute atomic E-state index is 12.8. The van der Waals surface area contributed by atoms with Crippen molar-refractivity contribution < 1.29 is 29.0 Å². The van der Waals surface area contributed by atoms with Gasteiger partial charge in [0.1, 0.15) is 11.1 Å². The van der Waals surface area contributed by atoms with Gasteiger partial charge in [-0.3, -0.25) is 59.0 Å². The van der Waals surface area contributed by atoms with Crippen molar-refractivity contribution in [2.24, 2.45) is 0 Å². The van der Waals surface area contributed by atoms with Crippen molar-refractivity contribution in [3.63, 3.8) is 0 Å². The van der Waals surface area contributed by atoms with E-state index in [1.54, 1.807) is 0 Å². The van der Waals surface area contributed by atoms with Gasteiger partial charge < -0.3 is 0 Å². The highest BCUT2D eigenvalue weighted by molar-refractivity contribution is 6.23. The van der Waals surface area contributed by atoms with Crippen molar-refractivity contribution in [1.29, 1.82) is 0 Å². The summed E-state index contributed by atoms with van der Waals surface area (Å²) in [5.41, 5.74) is -1.28. The number of rotatable bonds is 6. The minimum atomic E-state index is -0.725. The molecule has 2 aromatic carbocycles. The Kier molecular flexibility index (Phi) is 5.53. The fourth-order valence-electron chi connectivity index (χ4n) is 4.66. The molecule has 0 unspecified atom stereocenters. The topological polar surface area (TPSA) is 168 Å². The van der Waals surface area contributed by atoms with Gasteiger partial charge in [-0.2, -0.15) is 0 Å². The summed E-state index contributed by atoms with van der Waals surface area (Å²) in [6.07, 6.45) is 0. The predicted molar refractivity (Wildman–Crippen MR) is 120 cm³/mol. The Morgan fingerprint density at radius 2 is 0.972 bits per heavy atom. The van der Waals surface area contributed by atoms with Gasteiger partial charge in [-0.1, -0.05) is 12.1 Å². The fraction of sp³-hybridized carbons (Fsp3) is 0.273. The number of piperazine rings is 1. The number of nitrogens with zero attached hydrogens (tertiary/aromatic N) is 6. The highest BCUT2D eigenvalue weighted by Crippen LogP contribution is 2.32. The Labute approximate surface area is 202 Å². The van der Waals surface area contributed by atoms with Crippen LogP contribution >= 0.6 is 0 Å². The first-order chi connectivity index (χ1) is 17.2. The summed E-state index contributed by atoms with van der Waals surface area (Å²) in [5, 5.41) is 22.6. The maximum atomic E-state index is 12.8. The quantitative estimate of drug-likeness (QED) is 0.320. The van der Waals surface area contributed by atoms with Gasteiger partial charge in [0.25, 0.3) is 35.0 Å². The largest absolute Gasteiger partial charge is 0.283 e. The van der Waals surface area contributed by atoms with Crippen LogP contribution in [0.15, 0.2) is 36.4 Å². The van der Waals surface area contributed by atoms with Gasteiger partial charge in [0.2, 0.25) is 0 Å². The molecule has 5 rings (SSSR count). The Balaban J connectivity index is 1.22. The van der Waals surface area contributed by atoms with E-state index in [-0.39, 0.29) is 35.6 Å². The standard InChI is InChI=1S/C22H18N6O8/c29-19-13-3-1-5-15(27(33)34)17(13)21(31)25(19)11-23-7-9-24(10-8-23)12-26-20(30)14-4-2-6-16(28(35)36)18(14)22(26)32/h1-6H,7-12H2. The summed E-state index contributed by atoms with van der Waals surface area (Å²) in [6, 6.07) is 7.84. The molecule has 0 atom stereocenters. The van der Waals surface area contributed by atoms with Crippen LogP contribution in [0.1, 0.15) is 41.4 Å². The lowest BCUT2D eigenvalue weighted by Crippen LogP contribution is -2.53. The molecule has 36 heavy (non-hydrogen) atoms. The third-order valence-corrected chi connectivity index (χ3v) is 6.50. The highest BCUT2D eigenvalue weighted by Gasteiger charge is 2.43. The van der Waals surface area contributed by atoms with E-state index >= 15 is 0 Å². The van der Waals surface area contributed by atoms with Crippen LogP contribution in [0.4, 0.5) is 11.4 Å². The van der Waals surface area contributed by atoms with Crippen LogP contribution in [0.2, 0.25) is 0 Å². The first kappa shape index (κ1) is 23.2. The molecule has 2 aromatic rings. The zero-order valence-corrected chi connectivity index (χ0v) is 18.7. The van der Waals surface area contributed by atoms with E-state index in [0.29, 0.717) is 26.2 Å². The first-order valence-electron chi connectivity index (χ1n) is 10.9. The number of imide groups is 2. The third-order valence-electron chi connectivity index (χ3n) is 6.50. The van der Waals surface area contributed by atoms with Gasteiger partial charge in [0.05, 0.1) is 34.3 Å². The molecule has 14 heteroatoms. The number of fused-ring (bicyclic) bond motifs is 2. The average Bonchev–Trinajstić information content (AvgIpc) is 3.25. The zero-order chi connectivity index (χ0) is 25.7. The Hall–Kier alpha value is -4.56. The highest BCUT2D eigenvalue weighted by atomic mass is 16.6. The molecule has 14 nitrogen and oxygen atoms in total. The first-order valence-corrected chi connectivity index (χ1v) is 10.9. The summed E-state index contributed by atoms with van der Waals surface area (Å²) < 4.78 is 0.